The summed E-state index contributed by atoms with van der Waals surface area (Å²) in [5.41, 5.74) is 7.86. The summed E-state index contributed by atoms with van der Waals surface area (Å²) in [6.07, 6.45) is 0. The van der Waals surface area contributed by atoms with E-state index in [0.29, 0.717) is 11.3 Å². The molecule has 0 bridgehead atoms. The van der Waals surface area contributed by atoms with Crippen molar-refractivity contribution in [2.24, 2.45) is 0 Å². The minimum Gasteiger partial charge on any atom is -0.399 e. The van der Waals surface area contributed by atoms with Crippen LogP contribution in [0.2, 0.25) is 0 Å². The highest BCUT2D eigenvalue weighted by molar-refractivity contribution is 9.10. The molecule has 1 atom stereocenters. The number of nitrogen functional groups attached to an aromatic ring is 1. The van der Waals surface area contributed by atoms with E-state index in [2.05, 4.69) is 37.2 Å². The topological polar surface area (TPSA) is 55.1 Å². The molecule has 0 aliphatic carbocycles. The molecule has 0 heterocycles. The van der Waals surface area contributed by atoms with Crippen LogP contribution in [0.3, 0.4) is 0 Å². The quantitative estimate of drug-likeness (QED) is 0.759. The molecule has 104 valence electrons. The maximum atomic E-state index is 12.3. The summed E-state index contributed by atoms with van der Waals surface area (Å²) in [4.78, 5) is 12.3. The highest BCUT2D eigenvalue weighted by Gasteiger charge is 2.14. The van der Waals surface area contributed by atoms with Gasteiger partial charge in [0.15, 0.2) is 0 Å². The van der Waals surface area contributed by atoms with Gasteiger partial charge in [-0.15, -0.1) is 0 Å². The second-order valence-corrected chi connectivity index (χ2v) is 6.26. The average molecular weight is 398 g/mol. The number of amides is 1. The van der Waals surface area contributed by atoms with E-state index in [1.54, 1.807) is 18.2 Å². The van der Waals surface area contributed by atoms with Gasteiger partial charge < -0.3 is 11.1 Å². The highest BCUT2D eigenvalue weighted by atomic mass is 79.9. The van der Waals surface area contributed by atoms with Crippen LogP contribution in [0.25, 0.3) is 0 Å². The Labute approximate surface area is 134 Å². The summed E-state index contributed by atoms with van der Waals surface area (Å²) < 4.78 is 1.74. The maximum Gasteiger partial charge on any atom is 0.252 e. The van der Waals surface area contributed by atoms with E-state index in [-0.39, 0.29) is 11.9 Å². The predicted molar refractivity (Wildman–Crippen MR) is 88.6 cm³/mol. The van der Waals surface area contributed by atoms with E-state index in [4.69, 9.17) is 5.73 Å². The lowest BCUT2D eigenvalue weighted by atomic mass is 10.1. The van der Waals surface area contributed by atoms with Gasteiger partial charge >= 0.3 is 0 Å². The summed E-state index contributed by atoms with van der Waals surface area (Å²) in [7, 11) is 0. The Morgan fingerprint density at radius 3 is 2.45 bits per heavy atom. The lowest BCUT2D eigenvalue weighted by Gasteiger charge is -2.15. The van der Waals surface area contributed by atoms with E-state index in [0.717, 1.165) is 14.5 Å². The molecule has 20 heavy (non-hydrogen) atoms. The van der Waals surface area contributed by atoms with E-state index in [9.17, 15) is 4.79 Å². The van der Waals surface area contributed by atoms with Gasteiger partial charge in [-0.1, -0.05) is 28.1 Å². The van der Waals surface area contributed by atoms with Crippen LogP contribution in [0.15, 0.2) is 51.4 Å². The van der Waals surface area contributed by atoms with Crippen molar-refractivity contribution in [3.05, 3.63) is 62.5 Å². The molecule has 0 radical (unpaired) electrons. The number of nitrogens with one attached hydrogen (secondary N) is 1. The number of carbonyl (C=O) groups excluding carboxylic acids is 1. The van der Waals surface area contributed by atoms with Crippen molar-refractivity contribution in [2.75, 3.05) is 5.73 Å². The summed E-state index contributed by atoms with van der Waals surface area (Å²) in [6, 6.07) is 13.0. The van der Waals surface area contributed by atoms with Crippen LogP contribution in [0.1, 0.15) is 28.9 Å². The minimum absolute atomic E-state index is 0.0797. The molecule has 0 saturated carbocycles. The van der Waals surface area contributed by atoms with Crippen LogP contribution in [0.5, 0.6) is 0 Å². The van der Waals surface area contributed by atoms with E-state index in [1.165, 1.54) is 0 Å². The first-order valence-corrected chi connectivity index (χ1v) is 7.67. The molecule has 1 amide bonds. The van der Waals surface area contributed by atoms with Gasteiger partial charge in [0.1, 0.15) is 0 Å². The van der Waals surface area contributed by atoms with E-state index >= 15 is 0 Å². The van der Waals surface area contributed by atoms with Gasteiger partial charge in [-0.3, -0.25) is 4.79 Å². The molecule has 2 aromatic rings. The maximum absolute atomic E-state index is 12.3. The number of hydrogen-bond donors (Lipinski definition) is 2. The molecule has 0 saturated heterocycles. The number of hydrogen-bond acceptors (Lipinski definition) is 2. The van der Waals surface area contributed by atoms with Crippen LogP contribution in [0.4, 0.5) is 5.69 Å². The SMILES string of the molecule is C[C@H](NC(=O)c1cc(N)ccc1Br)c1ccc(Br)cc1. The van der Waals surface area contributed by atoms with Crippen LogP contribution >= 0.6 is 31.9 Å². The summed E-state index contributed by atoms with van der Waals surface area (Å²) in [6.45, 7) is 1.95. The van der Waals surface area contributed by atoms with Crippen molar-refractivity contribution in [3.63, 3.8) is 0 Å². The monoisotopic (exact) mass is 396 g/mol. The lowest BCUT2D eigenvalue weighted by molar-refractivity contribution is 0.0939. The molecule has 0 unspecified atom stereocenters. The Hall–Kier alpha value is -1.33. The molecule has 2 aromatic carbocycles. The van der Waals surface area contributed by atoms with Crippen LogP contribution in [-0.2, 0) is 0 Å². The summed E-state index contributed by atoms with van der Waals surface area (Å²) in [5.74, 6) is -0.153. The number of nitrogens with two attached hydrogens (primary N) is 1. The fraction of sp³-hybridized carbons (Fsp3) is 0.133. The van der Waals surface area contributed by atoms with Gasteiger partial charge in [0, 0.05) is 14.6 Å². The molecule has 0 aliphatic rings. The first kappa shape index (κ1) is 15.1. The van der Waals surface area contributed by atoms with Crippen molar-refractivity contribution in [1.29, 1.82) is 0 Å². The molecular weight excluding hydrogens is 384 g/mol. The Bertz CT molecular complexity index is 626. The molecule has 0 aliphatic heterocycles. The van der Waals surface area contributed by atoms with Gasteiger partial charge in [0.25, 0.3) is 5.91 Å². The second kappa shape index (κ2) is 6.41. The summed E-state index contributed by atoms with van der Waals surface area (Å²) in [5, 5.41) is 2.96. The number of anilines is 1. The molecular formula is C15H14Br2N2O. The Kier molecular flexibility index (Phi) is 4.83. The minimum atomic E-state index is -0.153. The van der Waals surface area contributed by atoms with Gasteiger partial charge in [0.2, 0.25) is 0 Å². The Balaban J connectivity index is 2.15. The molecule has 3 nitrogen and oxygen atoms in total. The number of carbonyl (C=O) groups is 1. The second-order valence-electron chi connectivity index (χ2n) is 4.49. The summed E-state index contributed by atoms with van der Waals surface area (Å²) >= 11 is 6.76. The standard InChI is InChI=1S/C15H14Br2N2O/c1-9(10-2-4-11(16)5-3-10)19-15(20)13-8-12(18)6-7-14(13)17/h2-9H,18H2,1H3,(H,19,20)/t9-/m0/s1. The lowest BCUT2D eigenvalue weighted by Crippen LogP contribution is -2.27. The van der Waals surface area contributed by atoms with Gasteiger partial charge in [0.05, 0.1) is 11.6 Å². The zero-order chi connectivity index (χ0) is 14.7. The molecule has 0 aromatic heterocycles. The number of halogens is 2. The van der Waals surface area contributed by atoms with Crippen LogP contribution in [-0.4, -0.2) is 5.91 Å². The number of rotatable bonds is 3. The average Bonchev–Trinajstić information content (AvgIpc) is 2.42. The van der Waals surface area contributed by atoms with Crippen LogP contribution < -0.4 is 11.1 Å². The first-order valence-electron chi connectivity index (χ1n) is 6.08. The fourth-order valence-electron chi connectivity index (χ4n) is 1.83. The third-order valence-electron chi connectivity index (χ3n) is 2.95. The predicted octanol–water partition coefficient (Wildman–Crippen LogP) is 4.28. The van der Waals surface area contributed by atoms with E-state index in [1.807, 2.05) is 31.2 Å². The normalized spacial score (nSPS) is 11.9. The number of benzene rings is 2. The molecule has 0 spiro atoms. The molecule has 5 heteroatoms. The fourth-order valence-corrected chi connectivity index (χ4v) is 2.52. The smallest absolute Gasteiger partial charge is 0.252 e. The van der Waals surface area contributed by atoms with Gasteiger partial charge in [-0.05, 0) is 58.7 Å². The van der Waals surface area contributed by atoms with Gasteiger partial charge in [-0.25, -0.2) is 0 Å². The van der Waals surface area contributed by atoms with E-state index < -0.39 is 0 Å². The third-order valence-corrected chi connectivity index (χ3v) is 4.17. The van der Waals surface area contributed by atoms with Crippen LogP contribution in [0, 0.1) is 0 Å². The zero-order valence-electron chi connectivity index (χ0n) is 10.9. The molecule has 0 fully saturated rings. The Morgan fingerprint density at radius 1 is 1.15 bits per heavy atom. The highest BCUT2D eigenvalue weighted by Crippen LogP contribution is 2.21. The third kappa shape index (κ3) is 3.61. The largest absolute Gasteiger partial charge is 0.399 e. The molecule has 2 rings (SSSR count). The van der Waals surface area contributed by atoms with Gasteiger partial charge in [-0.2, -0.15) is 0 Å². The van der Waals surface area contributed by atoms with Crippen molar-refractivity contribution < 1.29 is 4.79 Å². The van der Waals surface area contributed by atoms with Crippen molar-refractivity contribution >= 4 is 43.5 Å². The first-order chi connectivity index (χ1) is 9.47. The molecule has 3 N–H and O–H groups in total. The zero-order valence-corrected chi connectivity index (χ0v) is 14.0. The van der Waals surface area contributed by atoms with Crippen molar-refractivity contribution in [2.45, 2.75) is 13.0 Å². The Morgan fingerprint density at radius 2 is 1.80 bits per heavy atom. The van der Waals surface area contributed by atoms with Crippen molar-refractivity contribution in [3.8, 4) is 0 Å². The van der Waals surface area contributed by atoms with Crippen molar-refractivity contribution in [1.82, 2.24) is 5.32 Å².